The van der Waals surface area contributed by atoms with Gasteiger partial charge in [0.15, 0.2) is 0 Å². The van der Waals surface area contributed by atoms with E-state index in [4.69, 9.17) is 5.11 Å². The van der Waals surface area contributed by atoms with E-state index in [1.807, 2.05) is 12.2 Å². The Kier molecular flexibility index (Phi) is 31.4. The fourth-order valence-electron chi connectivity index (χ4n) is 2.55. The van der Waals surface area contributed by atoms with Crippen molar-refractivity contribution < 1.29 is 29.7 Å². The Morgan fingerprint density at radius 1 is 0.788 bits per heavy atom. The number of carbonyl (C=O) groups is 3. The van der Waals surface area contributed by atoms with Crippen molar-refractivity contribution in [2.75, 3.05) is 13.1 Å². The van der Waals surface area contributed by atoms with Gasteiger partial charge in [-0.3, -0.25) is 9.59 Å². The Hall–Kier alpha value is -1.38. The number of hydrogen-bond acceptors (Lipinski definition) is 6. The van der Waals surface area contributed by atoms with Crippen molar-refractivity contribution in [2.24, 2.45) is 4.99 Å². The number of hydrogen-bond donors (Lipinski definition) is 2. The number of nitrogens with one attached hydrogen (secondary N) is 1. The van der Waals surface area contributed by atoms with Crippen LogP contribution in [0.15, 0.2) is 30.3 Å². The van der Waals surface area contributed by atoms with Gasteiger partial charge in [-0.1, -0.05) is 25.0 Å². The molecular weight excluding hydrogens is 452 g/mol. The largest absolute Gasteiger partial charge is 2.00 e. The summed E-state index contributed by atoms with van der Waals surface area (Å²) in [4.78, 5) is 35.3. The van der Waals surface area contributed by atoms with E-state index in [1.165, 1.54) is 0 Å². The van der Waals surface area contributed by atoms with Crippen LogP contribution in [0.5, 0.6) is 0 Å². The Morgan fingerprint density at radius 2 is 1.36 bits per heavy atom. The van der Waals surface area contributed by atoms with E-state index in [-0.39, 0.29) is 62.4 Å². The predicted molar refractivity (Wildman–Crippen MR) is 129 cm³/mol. The fourth-order valence-corrected chi connectivity index (χ4v) is 2.55. The van der Waals surface area contributed by atoms with Crippen molar-refractivity contribution in [1.29, 1.82) is 0 Å². The van der Waals surface area contributed by atoms with Crippen LogP contribution in [0.2, 0.25) is 0 Å². The Bertz CT molecular complexity index is 567. The van der Waals surface area contributed by atoms with Gasteiger partial charge in [0.05, 0.1) is 0 Å². The summed E-state index contributed by atoms with van der Waals surface area (Å²) < 4.78 is 0. The molecule has 2 N–H and O–H groups in total. The number of rotatable bonds is 20. The number of carboxylic acids is 2. The summed E-state index contributed by atoms with van der Waals surface area (Å²) >= 11 is 0. The van der Waals surface area contributed by atoms with Gasteiger partial charge in [0, 0.05) is 31.9 Å². The summed E-state index contributed by atoms with van der Waals surface area (Å²) in [6.07, 6.45) is 13.6. The molecule has 0 radical (unpaired) electrons. The van der Waals surface area contributed by atoms with Crippen molar-refractivity contribution in [3.05, 3.63) is 25.3 Å². The number of amides is 1. The second kappa shape index (κ2) is 28.7. The summed E-state index contributed by atoms with van der Waals surface area (Å²) in [6, 6.07) is 0. The van der Waals surface area contributed by atoms with Gasteiger partial charge in [-0.2, -0.15) is 0 Å². The molecule has 1 amide bonds. The summed E-state index contributed by atoms with van der Waals surface area (Å²) in [7, 11) is 0. The number of aliphatic carboxylic acids is 2. The molecule has 0 aliphatic rings. The van der Waals surface area contributed by atoms with Crippen molar-refractivity contribution in [3.63, 3.8) is 0 Å². The molecule has 0 saturated carbocycles. The van der Waals surface area contributed by atoms with Gasteiger partial charge in [-0.25, -0.2) is 0 Å². The van der Waals surface area contributed by atoms with E-state index in [0.717, 1.165) is 51.4 Å². The molecule has 0 aliphatic heterocycles. The van der Waals surface area contributed by atoms with Crippen molar-refractivity contribution in [3.8, 4) is 0 Å². The first-order valence-corrected chi connectivity index (χ1v) is 11.4. The molecule has 184 valence electrons. The fraction of sp³-hybridized carbons (Fsp3) is 0.667. The van der Waals surface area contributed by atoms with Gasteiger partial charge in [-0.15, -0.1) is 13.2 Å². The number of carbonyl (C=O) groups excluding carboxylic acids is 2. The first kappa shape index (κ1) is 36.2. The van der Waals surface area contributed by atoms with E-state index in [1.54, 1.807) is 0 Å². The normalized spacial score (nSPS) is 10.2. The first-order chi connectivity index (χ1) is 15.3. The monoisotopic (exact) mass is 492 g/mol. The summed E-state index contributed by atoms with van der Waals surface area (Å²) in [6.45, 7) is 8.00. The maximum Gasteiger partial charge on any atom is 2.00 e. The average Bonchev–Trinajstić information content (AvgIpc) is 2.74. The zero-order chi connectivity index (χ0) is 24.5. The molecule has 33 heavy (non-hydrogen) atoms. The third kappa shape index (κ3) is 35.4. The maximum absolute atomic E-state index is 11.2. The van der Waals surface area contributed by atoms with Crippen LogP contribution in [0.25, 0.3) is 0 Å². The van der Waals surface area contributed by atoms with Gasteiger partial charge in [0.25, 0.3) is 0 Å². The minimum Gasteiger partial charge on any atom is -0.862 e. The van der Waals surface area contributed by atoms with Crippen molar-refractivity contribution in [1.82, 2.24) is 5.32 Å². The number of allylic oxidation sites excluding steroid dienone is 2. The standard InChI is InChI=1S/2C12H21NO3.Ca/c2*1-2-3-4-5-6-8-11(14)13-10-7-9-12(15)16;/h2*2H,1,3-10H2,(H,13,14)(H,15,16);/q;;+2/p-2. The van der Waals surface area contributed by atoms with Gasteiger partial charge in [0.2, 0.25) is 5.91 Å². The van der Waals surface area contributed by atoms with E-state index in [2.05, 4.69) is 23.5 Å². The summed E-state index contributed by atoms with van der Waals surface area (Å²) in [5, 5.41) is 32.3. The molecule has 0 spiro atoms. The van der Waals surface area contributed by atoms with Crippen LogP contribution in [-0.4, -0.2) is 79.7 Å². The van der Waals surface area contributed by atoms with E-state index in [0.29, 0.717) is 38.8 Å². The smallest absolute Gasteiger partial charge is 0.862 e. The second-order valence-corrected chi connectivity index (χ2v) is 7.37. The molecule has 9 heteroatoms. The molecule has 0 unspecified atom stereocenters. The average molecular weight is 493 g/mol. The van der Waals surface area contributed by atoms with E-state index in [9.17, 15) is 24.6 Å². The molecule has 0 aromatic heterocycles. The van der Waals surface area contributed by atoms with Crippen LogP contribution in [0.4, 0.5) is 0 Å². The van der Waals surface area contributed by atoms with Gasteiger partial charge < -0.3 is 30.4 Å². The number of nitrogens with zero attached hydrogens (tertiary/aromatic N) is 1. The molecule has 0 heterocycles. The van der Waals surface area contributed by atoms with Crippen LogP contribution >= 0.6 is 0 Å². The quantitative estimate of drug-likeness (QED) is 0.0876. The minimum atomic E-state index is -1.09. The SMILES string of the molecule is C=CCCCCCC(=O)NCCCC(=O)O.C=CCCCCCC([O-])=NCCCC(=O)[O-].[Ca+2]. The van der Waals surface area contributed by atoms with Crippen LogP contribution in [0.3, 0.4) is 0 Å². The van der Waals surface area contributed by atoms with Gasteiger partial charge in [-0.05, 0) is 70.1 Å². The van der Waals surface area contributed by atoms with Crippen molar-refractivity contribution in [2.45, 2.75) is 89.9 Å². The Labute approximate surface area is 228 Å². The topological polar surface area (TPSA) is 142 Å². The second-order valence-electron chi connectivity index (χ2n) is 7.37. The van der Waals surface area contributed by atoms with E-state index >= 15 is 0 Å². The molecule has 8 nitrogen and oxygen atoms in total. The molecule has 0 aromatic rings. The summed E-state index contributed by atoms with van der Waals surface area (Å²) in [5.74, 6) is -2.02. The number of carboxylic acid groups (broad SMARTS) is 2. The van der Waals surface area contributed by atoms with E-state index < -0.39 is 11.9 Å². The number of unbranched alkanes of at least 4 members (excludes halogenated alkanes) is 6. The van der Waals surface area contributed by atoms with Crippen molar-refractivity contribution >= 4 is 61.5 Å². The molecule has 0 atom stereocenters. The molecule has 0 saturated heterocycles. The summed E-state index contributed by atoms with van der Waals surface area (Å²) in [5.41, 5.74) is 0. The zero-order valence-electron chi connectivity index (χ0n) is 20.0. The maximum atomic E-state index is 11.2. The molecule has 0 rings (SSSR count). The zero-order valence-corrected chi connectivity index (χ0v) is 22.2. The van der Waals surface area contributed by atoms with Crippen LogP contribution < -0.4 is 15.5 Å². The number of aliphatic imine (C=N–C) groups is 1. The molecular formula is C24H40CaN2O6. The first-order valence-electron chi connectivity index (χ1n) is 11.4. The molecule has 0 fully saturated rings. The van der Waals surface area contributed by atoms with Crippen LogP contribution in [0.1, 0.15) is 89.9 Å². The Balaban J connectivity index is -0.000000529. The Morgan fingerprint density at radius 3 is 1.88 bits per heavy atom. The van der Waals surface area contributed by atoms with Gasteiger partial charge >= 0.3 is 43.7 Å². The van der Waals surface area contributed by atoms with Crippen LogP contribution in [-0.2, 0) is 14.4 Å². The molecule has 0 aromatic carbocycles. The third-order valence-electron chi connectivity index (χ3n) is 4.33. The minimum absolute atomic E-state index is 0. The van der Waals surface area contributed by atoms with Gasteiger partial charge in [0.1, 0.15) is 0 Å². The third-order valence-corrected chi connectivity index (χ3v) is 4.33. The predicted octanol–water partition coefficient (Wildman–Crippen LogP) is 2.13. The molecule has 0 aliphatic carbocycles. The van der Waals surface area contributed by atoms with Crippen LogP contribution in [0, 0.1) is 0 Å². The molecule has 0 bridgehead atoms.